The smallest absolute Gasteiger partial charge is 0.200 e. The molecule has 2 heterocycles. The van der Waals surface area contributed by atoms with Crippen LogP contribution in [0.4, 0.5) is 0 Å². The molecule has 1 spiro atoms. The van der Waals surface area contributed by atoms with Crippen molar-refractivity contribution in [1.29, 1.82) is 0 Å². The third kappa shape index (κ3) is 10.9. The van der Waals surface area contributed by atoms with Crippen molar-refractivity contribution in [3.8, 4) is 40.6 Å². The molecule has 1 fully saturated rings. The Morgan fingerprint density at radius 2 is 1.74 bits per heavy atom. The van der Waals surface area contributed by atoms with E-state index in [0.717, 1.165) is 62.7 Å². The number of nitrogens with one attached hydrogen (secondary N) is 1. The molecule has 58 heavy (non-hydrogen) atoms. The number of methoxy groups -OCH3 is 2. The van der Waals surface area contributed by atoms with Gasteiger partial charge in [-0.25, -0.2) is 0 Å². The number of rotatable bonds is 10. The fourth-order valence-electron chi connectivity index (χ4n) is 9.65. The van der Waals surface area contributed by atoms with E-state index in [1.807, 2.05) is 6.07 Å². The molecular formula is C45H63NO10S2. The molecule has 320 valence electrons. The zero-order valence-electron chi connectivity index (χ0n) is 34.1. The van der Waals surface area contributed by atoms with Gasteiger partial charge in [-0.05, 0) is 129 Å². The Morgan fingerprint density at radius 3 is 2.47 bits per heavy atom. The molecule has 0 unspecified atom stereocenters. The SMILES string of the molecule is COc1cc(C[C@H]2[C@H](O)C[C@@H](OCO)CCc3cc(O[C@H]4CC[C@@H]5CNCCC#C[C@@]6(C=CC[C@@H](C)C6)[C@H]5C4)c(O)cc3[C@H](CCO)SSC[C@@H]2O)cc(OC)c1O. The highest BCUT2D eigenvalue weighted by atomic mass is 33.1. The fraction of sp³-hybridized carbons (Fsp3) is 0.644. The van der Waals surface area contributed by atoms with Gasteiger partial charge in [-0.3, -0.25) is 0 Å². The summed E-state index contributed by atoms with van der Waals surface area (Å²) in [6, 6.07) is 7.05. The topological polar surface area (TPSA) is 170 Å². The van der Waals surface area contributed by atoms with Gasteiger partial charge < -0.3 is 54.9 Å². The van der Waals surface area contributed by atoms with E-state index in [0.29, 0.717) is 48.3 Å². The lowest BCUT2D eigenvalue weighted by molar-refractivity contribution is -0.0808. The number of aliphatic hydroxyl groups excluding tert-OH is 4. The average Bonchev–Trinajstić information content (AvgIpc) is 3.29. The van der Waals surface area contributed by atoms with Crippen LogP contribution in [0.25, 0.3) is 0 Å². The molecule has 0 bridgehead atoms. The van der Waals surface area contributed by atoms with Crippen LogP contribution in [0.2, 0.25) is 0 Å². The largest absolute Gasteiger partial charge is 0.504 e. The highest BCUT2D eigenvalue weighted by molar-refractivity contribution is 8.76. The van der Waals surface area contributed by atoms with Crippen molar-refractivity contribution in [1.82, 2.24) is 5.32 Å². The molecule has 0 radical (unpaired) electrons. The molecule has 2 aliphatic carbocycles. The lowest BCUT2D eigenvalue weighted by Gasteiger charge is -2.46. The summed E-state index contributed by atoms with van der Waals surface area (Å²) >= 11 is 0. The van der Waals surface area contributed by atoms with Crippen LogP contribution >= 0.6 is 21.6 Å². The number of benzene rings is 2. The molecule has 0 saturated heterocycles. The fourth-order valence-corrected chi connectivity index (χ4v) is 12.5. The summed E-state index contributed by atoms with van der Waals surface area (Å²) in [5.41, 5.74) is 2.32. The predicted octanol–water partition coefficient (Wildman–Crippen LogP) is 6.30. The van der Waals surface area contributed by atoms with Crippen molar-refractivity contribution in [2.75, 3.05) is 46.5 Å². The minimum absolute atomic E-state index is 0.0500. The Labute approximate surface area is 351 Å². The standard InChI is InChI=1S/C45H63NO10S2/c1-28-7-6-14-45(24-28)13-4-5-15-46-25-31-9-11-33(21-36(31)45)56-40-20-30-8-10-32(55-27-48)22-37(49)35(17-29-18-41(53-2)44(52)42(19-29)54-3)39(51)26-57-58-43(12-16-47)34(30)23-38(40)50/h6,14,18-20,23,28,31-33,35-37,39,43,46-52H,5,7-12,15-17,21-22,24-27H2,1-3H3/t28-,31-,32+,33+,35+,36+,37-,39+,43+,45+/m1/s1. The van der Waals surface area contributed by atoms with Crippen molar-refractivity contribution in [3.05, 3.63) is 53.1 Å². The van der Waals surface area contributed by atoms with Gasteiger partial charge in [0.15, 0.2) is 23.0 Å². The molecule has 2 aromatic rings. The summed E-state index contributed by atoms with van der Waals surface area (Å²) < 4.78 is 23.3. The van der Waals surface area contributed by atoms with Gasteiger partial charge in [-0.15, -0.1) is 5.92 Å². The summed E-state index contributed by atoms with van der Waals surface area (Å²) in [7, 11) is 5.87. The summed E-state index contributed by atoms with van der Waals surface area (Å²) in [6.07, 6.45) is 9.54. The van der Waals surface area contributed by atoms with Crippen LogP contribution in [-0.2, 0) is 17.6 Å². The first-order chi connectivity index (χ1) is 28.1. The van der Waals surface area contributed by atoms with Crippen LogP contribution < -0.4 is 19.5 Å². The van der Waals surface area contributed by atoms with Crippen molar-refractivity contribution < 1.29 is 49.6 Å². The molecular weight excluding hydrogens is 779 g/mol. The minimum Gasteiger partial charge on any atom is -0.504 e. The Bertz CT molecular complexity index is 1720. The Hall–Kier alpha value is -2.80. The van der Waals surface area contributed by atoms with Gasteiger partial charge in [0, 0.05) is 36.5 Å². The lowest BCUT2D eigenvalue weighted by atomic mass is 9.59. The molecule has 0 aromatic heterocycles. The molecule has 11 nitrogen and oxygen atoms in total. The van der Waals surface area contributed by atoms with E-state index in [9.17, 15) is 30.6 Å². The quantitative estimate of drug-likeness (QED) is 0.0616. The van der Waals surface area contributed by atoms with E-state index in [4.69, 9.17) is 18.9 Å². The van der Waals surface area contributed by atoms with Gasteiger partial charge >= 0.3 is 0 Å². The van der Waals surface area contributed by atoms with Crippen LogP contribution in [-0.4, -0.2) is 102 Å². The maximum Gasteiger partial charge on any atom is 0.200 e. The molecule has 2 aromatic carbocycles. The number of allylic oxidation sites excluding steroid dienone is 2. The first kappa shape index (κ1) is 44.7. The van der Waals surface area contributed by atoms with E-state index >= 15 is 0 Å². The zero-order chi connectivity index (χ0) is 41.2. The van der Waals surface area contributed by atoms with Crippen LogP contribution in [0, 0.1) is 40.9 Å². The summed E-state index contributed by atoms with van der Waals surface area (Å²) in [4.78, 5) is 0. The number of phenolic OH excluding ortho intramolecular Hbond substituents is 2. The molecule has 10 atom stereocenters. The van der Waals surface area contributed by atoms with E-state index < -0.39 is 31.0 Å². The van der Waals surface area contributed by atoms with Gasteiger partial charge in [0.1, 0.15) is 6.79 Å². The zero-order valence-corrected chi connectivity index (χ0v) is 35.7. The molecule has 6 rings (SSSR count). The predicted molar refractivity (Wildman–Crippen MR) is 228 cm³/mol. The van der Waals surface area contributed by atoms with Gasteiger partial charge in [-0.1, -0.05) is 46.6 Å². The molecule has 2 aliphatic heterocycles. The van der Waals surface area contributed by atoms with Crippen LogP contribution in [0.1, 0.15) is 86.7 Å². The Morgan fingerprint density at radius 1 is 0.948 bits per heavy atom. The normalized spacial score (nSPS) is 32.0. The van der Waals surface area contributed by atoms with E-state index in [1.165, 1.54) is 35.8 Å². The second-order valence-electron chi connectivity index (χ2n) is 16.6. The molecule has 1 saturated carbocycles. The van der Waals surface area contributed by atoms with E-state index in [2.05, 4.69) is 36.2 Å². The average molecular weight is 842 g/mol. The minimum atomic E-state index is -1.01. The number of phenols is 2. The number of aliphatic hydroxyl groups is 4. The Kier molecular flexibility index (Phi) is 16.3. The monoisotopic (exact) mass is 841 g/mol. The lowest BCUT2D eigenvalue weighted by Crippen LogP contribution is -2.45. The number of aromatic hydroxyl groups is 2. The van der Waals surface area contributed by atoms with Gasteiger partial charge in [-0.2, -0.15) is 0 Å². The number of ether oxygens (including phenoxy) is 4. The highest BCUT2D eigenvalue weighted by Gasteiger charge is 2.46. The van der Waals surface area contributed by atoms with Crippen LogP contribution in [0.5, 0.6) is 28.7 Å². The van der Waals surface area contributed by atoms with Crippen molar-refractivity contribution in [2.45, 2.75) is 107 Å². The number of fused-ring (bicyclic) bond motifs is 3. The van der Waals surface area contributed by atoms with Crippen molar-refractivity contribution >= 4 is 21.6 Å². The third-order valence-electron chi connectivity index (χ3n) is 12.6. The maximum absolute atomic E-state index is 11.7. The summed E-state index contributed by atoms with van der Waals surface area (Å²) in [5.74, 6) is 9.04. The van der Waals surface area contributed by atoms with Crippen LogP contribution in [0.15, 0.2) is 36.4 Å². The van der Waals surface area contributed by atoms with E-state index in [1.54, 1.807) is 18.2 Å². The first-order valence-corrected chi connectivity index (χ1v) is 23.3. The first-order valence-electron chi connectivity index (χ1n) is 20.9. The van der Waals surface area contributed by atoms with Crippen molar-refractivity contribution in [2.24, 2.45) is 29.1 Å². The maximum atomic E-state index is 11.7. The molecule has 7 N–H and O–H groups in total. The second-order valence-corrected chi connectivity index (χ2v) is 19.2. The number of aryl methyl sites for hydroxylation is 1. The van der Waals surface area contributed by atoms with E-state index in [-0.39, 0.29) is 65.0 Å². The summed E-state index contributed by atoms with van der Waals surface area (Å²) in [6.45, 7) is 3.57. The third-order valence-corrected chi connectivity index (χ3v) is 15.5. The summed E-state index contributed by atoms with van der Waals surface area (Å²) in [5, 5.41) is 69.0. The van der Waals surface area contributed by atoms with Gasteiger partial charge in [0.2, 0.25) is 5.75 Å². The van der Waals surface area contributed by atoms with Gasteiger partial charge in [0.25, 0.3) is 0 Å². The molecule has 0 amide bonds. The van der Waals surface area contributed by atoms with Crippen molar-refractivity contribution in [3.63, 3.8) is 0 Å². The number of hydrogen-bond donors (Lipinski definition) is 7. The van der Waals surface area contributed by atoms with Crippen LogP contribution in [0.3, 0.4) is 0 Å². The highest BCUT2D eigenvalue weighted by Crippen LogP contribution is 2.51. The molecule has 4 aliphatic rings. The number of hydrogen-bond acceptors (Lipinski definition) is 13. The van der Waals surface area contributed by atoms with Gasteiger partial charge in [0.05, 0.1) is 44.1 Å². The molecule has 13 heteroatoms. The Balaban J connectivity index is 1.26. The second kappa shape index (κ2) is 21.1.